The molecular weight excluding hydrogens is 452 g/mol. The first kappa shape index (κ1) is 23.2. The lowest BCUT2D eigenvalue weighted by molar-refractivity contribution is -0.286. The lowest BCUT2D eigenvalue weighted by Gasteiger charge is -2.36. The van der Waals surface area contributed by atoms with Crippen molar-refractivity contribution in [2.45, 2.75) is 38.6 Å². The van der Waals surface area contributed by atoms with E-state index in [1.807, 2.05) is 13.0 Å². The number of fused-ring (bicyclic) bond motifs is 1. The Balaban J connectivity index is 0.000000305. The molecule has 170 valence electrons. The second kappa shape index (κ2) is 8.95. The van der Waals surface area contributed by atoms with Crippen molar-refractivity contribution in [1.29, 1.82) is 0 Å². The minimum Gasteiger partial charge on any atom is -0.480 e. The molecule has 2 aliphatic heterocycles. The highest BCUT2D eigenvalue weighted by Crippen LogP contribution is 2.42. The molecule has 3 amide bonds. The van der Waals surface area contributed by atoms with Gasteiger partial charge < -0.3 is 19.9 Å². The van der Waals surface area contributed by atoms with Crippen LogP contribution in [-0.2, 0) is 9.59 Å². The van der Waals surface area contributed by atoms with Gasteiger partial charge in [-0.15, -0.1) is 8.78 Å². The number of pyridine rings is 1. The molecular formula is C20H18ClF2N3O6. The molecule has 1 fully saturated rings. The van der Waals surface area contributed by atoms with E-state index in [9.17, 15) is 23.2 Å². The van der Waals surface area contributed by atoms with Crippen LogP contribution >= 0.6 is 11.6 Å². The van der Waals surface area contributed by atoms with Gasteiger partial charge in [0.15, 0.2) is 11.5 Å². The molecule has 0 spiro atoms. The third-order valence-corrected chi connectivity index (χ3v) is 4.81. The molecule has 0 saturated carbocycles. The number of rotatable bonds is 3. The predicted octanol–water partition coefficient (Wildman–Crippen LogP) is 3.51. The number of carbonyl (C=O) groups is 3. The largest absolute Gasteiger partial charge is 0.586 e. The van der Waals surface area contributed by atoms with Gasteiger partial charge in [0.2, 0.25) is 5.91 Å². The number of likely N-dealkylation sites (tertiary alicyclic amines) is 1. The van der Waals surface area contributed by atoms with Crippen molar-refractivity contribution in [2.75, 3.05) is 0 Å². The molecule has 0 radical (unpaired) electrons. The number of carboxylic acid groups (broad SMARTS) is 1. The Labute approximate surface area is 185 Å². The molecule has 2 aromatic rings. The predicted molar refractivity (Wildman–Crippen MR) is 106 cm³/mol. The Kier molecular flexibility index (Phi) is 6.49. The number of β-lactam (4-membered cyclic amide) rings is 1. The fourth-order valence-corrected chi connectivity index (χ4v) is 3.17. The zero-order valence-corrected chi connectivity index (χ0v) is 17.6. The monoisotopic (exact) mass is 469 g/mol. The molecule has 1 aromatic heterocycles. The molecule has 32 heavy (non-hydrogen) atoms. The molecule has 2 atom stereocenters. The van der Waals surface area contributed by atoms with Crippen LogP contribution in [0.25, 0.3) is 0 Å². The summed E-state index contributed by atoms with van der Waals surface area (Å²) in [6.45, 7) is 3.46. The SMILES string of the molecule is CC(NC(=O)N1C(=O)C[C@H]1C(=O)O)c1ccc2c(c1)OC(F)(F)O2.Cc1cc(Cl)ccn1. The van der Waals surface area contributed by atoms with Crippen molar-refractivity contribution in [3.05, 3.63) is 52.8 Å². The van der Waals surface area contributed by atoms with Crippen molar-refractivity contribution >= 4 is 29.5 Å². The summed E-state index contributed by atoms with van der Waals surface area (Å²) in [4.78, 5) is 38.9. The molecule has 3 heterocycles. The van der Waals surface area contributed by atoms with Crippen LogP contribution in [0.2, 0.25) is 5.02 Å². The summed E-state index contributed by atoms with van der Waals surface area (Å²) in [6.07, 6.45) is -2.29. The molecule has 1 saturated heterocycles. The third kappa shape index (κ3) is 5.22. The summed E-state index contributed by atoms with van der Waals surface area (Å²) in [5, 5.41) is 12.1. The van der Waals surface area contributed by atoms with Crippen molar-refractivity contribution in [3.63, 3.8) is 0 Å². The molecule has 9 nitrogen and oxygen atoms in total. The van der Waals surface area contributed by atoms with Gasteiger partial charge in [0.25, 0.3) is 0 Å². The van der Waals surface area contributed by atoms with E-state index in [2.05, 4.69) is 19.8 Å². The van der Waals surface area contributed by atoms with Crippen LogP contribution in [0.5, 0.6) is 11.5 Å². The third-order valence-electron chi connectivity index (χ3n) is 4.58. The molecule has 1 aromatic carbocycles. The smallest absolute Gasteiger partial charge is 0.480 e. The molecule has 2 N–H and O–H groups in total. The van der Waals surface area contributed by atoms with Crippen LogP contribution in [0, 0.1) is 6.92 Å². The van der Waals surface area contributed by atoms with E-state index >= 15 is 0 Å². The fraction of sp³-hybridized carbons (Fsp3) is 0.300. The van der Waals surface area contributed by atoms with E-state index in [1.165, 1.54) is 18.2 Å². The van der Waals surface area contributed by atoms with Gasteiger partial charge in [-0.3, -0.25) is 9.78 Å². The number of aromatic nitrogens is 1. The fourth-order valence-electron chi connectivity index (χ4n) is 2.95. The zero-order chi connectivity index (χ0) is 23.6. The highest BCUT2D eigenvalue weighted by molar-refractivity contribution is 6.30. The number of carboxylic acids is 1. The van der Waals surface area contributed by atoms with Gasteiger partial charge >= 0.3 is 18.3 Å². The molecule has 1 unspecified atom stereocenters. The van der Waals surface area contributed by atoms with Crippen LogP contribution in [0.15, 0.2) is 36.5 Å². The second-order valence-corrected chi connectivity index (χ2v) is 7.42. The summed E-state index contributed by atoms with van der Waals surface area (Å²) in [5.74, 6) is -2.19. The van der Waals surface area contributed by atoms with Crippen LogP contribution in [-0.4, -0.2) is 45.2 Å². The highest BCUT2D eigenvalue weighted by atomic mass is 35.5. The van der Waals surface area contributed by atoms with Gasteiger partial charge in [-0.1, -0.05) is 17.7 Å². The number of nitrogens with zero attached hydrogens (tertiary/aromatic N) is 2. The zero-order valence-electron chi connectivity index (χ0n) is 16.8. The van der Waals surface area contributed by atoms with Crippen molar-refractivity contribution in [2.24, 2.45) is 0 Å². The maximum absolute atomic E-state index is 13.0. The number of halogens is 3. The van der Waals surface area contributed by atoms with Crippen LogP contribution in [0.3, 0.4) is 0 Å². The number of ether oxygens (including phenoxy) is 2. The van der Waals surface area contributed by atoms with E-state index in [1.54, 1.807) is 19.2 Å². The van der Waals surface area contributed by atoms with Gasteiger partial charge in [0, 0.05) is 16.9 Å². The van der Waals surface area contributed by atoms with E-state index < -0.39 is 36.3 Å². The molecule has 2 aliphatic rings. The highest BCUT2D eigenvalue weighted by Gasteiger charge is 2.46. The molecule has 12 heteroatoms. The van der Waals surface area contributed by atoms with Crippen molar-refractivity contribution in [1.82, 2.24) is 15.2 Å². The molecule has 4 rings (SSSR count). The van der Waals surface area contributed by atoms with Gasteiger partial charge in [-0.25, -0.2) is 14.5 Å². The van der Waals surface area contributed by atoms with E-state index in [0.29, 0.717) is 10.5 Å². The average Bonchev–Trinajstić information content (AvgIpc) is 2.98. The van der Waals surface area contributed by atoms with Crippen LogP contribution in [0.4, 0.5) is 13.6 Å². The number of hydrogen-bond acceptors (Lipinski definition) is 6. The van der Waals surface area contributed by atoms with Gasteiger partial charge in [0.1, 0.15) is 6.04 Å². The molecule has 0 bridgehead atoms. The summed E-state index contributed by atoms with van der Waals surface area (Å²) in [6, 6.07) is 4.83. The van der Waals surface area contributed by atoms with Gasteiger partial charge in [-0.05, 0) is 43.7 Å². The van der Waals surface area contributed by atoms with Gasteiger partial charge in [0.05, 0.1) is 12.5 Å². The number of hydrogen-bond donors (Lipinski definition) is 2. The number of imide groups is 1. The Morgan fingerprint density at radius 2 is 1.97 bits per heavy atom. The number of nitrogens with one attached hydrogen (secondary N) is 1. The number of aliphatic carboxylic acids is 1. The van der Waals surface area contributed by atoms with E-state index in [4.69, 9.17) is 16.7 Å². The summed E-state index contributed by atoms with van der Waals surface area (Å²) in [5.41, 5.74) is 1.38. The Hall–Kier alpha value is -3.47. The first-order valence-electron chi connectivity index (χ1n) is 9.30. The van der Waals surface area contributed by atoms with Crippen molar-refractivity contribution in [3.8, 4) is 11.5 Å². The standard InChI is InChI=1S/C14H12F2N2O6.C6H6ClN/c1-6(17-13(22)18-8(12(20)21)5-11(18)19)7-2-3-9-10(4-7)24-14(15,16)23-9;1-5-4-6(7)2-3-8-5/h2-4,6,8H,5H2,1H3,(H,17,22)(H,20,21);2-4H,1H3/t6?,8-;/m0./s1. The number of benzene rings is 1. The maximum Gasteiger partial charge on any atom is 0.586 e. The Morgan fingerprint density at radius 3 is 2.53 bits per heavy atom. The number of alkyl halides is 2. The average molecular weight is 470 g/mol. The first-order valence-corrected chi connectivity index (χ1v) is 9.68. The summed E-state index contributed by atoms with van der Waals surface area (Å²) < 4.78 is 34.6. The minimum absolute atomic E-state index is 0.133. The minimum atomic E-state index is -3.74. The Morgan fingerprint density at radius 1 is 1.28 bits per heavy atom. The number of amides is 3. The normalized spacial score (nSPS) is 18.7. The van der Waals surface area contributed by atoms with Crippen LogP contribution < -0.4 is 14.8 Å². The summed E-state index contributed by atoms with van der Waals surface area (Å²) in [7, 11) is 0. The van der Waals surface area contributed by atoms with E-state index in [0.717, 1.165) is 10.7 Å². The topological polar surface area (TPSA) is 118 Å². The van der Waals surface area contributed by atoms with E-state index in [-0.39, 0.29) is 17.9 Å². The molecule has 0 aliphatic carbocycles. The maximum atomic E-state index is 13.0. The summed E-state index contributed by atoms with van der Waals surface area (Å²) >= 11 is 5.60. The quantitative estimate of drug-likeness (QED) is 0.660. The number of urea groups is 1. The Bertz CT molecular complexity index is 1050. The second-order valence-electron chi connectivity index (χ2n) is 6.98. The van der Waals surface area contributed by atoms with Gasteiger partial charge in [-0.2, -0.15) is 0 Å². The first-order chi connectivity index (χ1) is 15.0. The van der Waals surface area contributed by atoms with Crippen molar-refractivity contribution < 1.29 is 37.7 Å². The lowest BCUT2D eigenvalue weighted by atomic mass is 10.0. The number of aryl methyl sites for hydroxylation is 1. The number of carbonyl (C=O) groups excluding carboxylic acids is 2. The van der Waals surface area contributed by atoms with Crippen LogP contribution in [0.1, 0.15) is 30.6 Å². The lowest BCUT2D eigenvalue weighted by Crippen LogP contribution is -2.61.